The zero-order chi connectivity index (χ0) is 19.0. The number of hydrogen-bond acceptors (Lipinski definition) is 7. The number of fused-ring (bicyclic) bond motifs is 1. The molecule has 0 aliphatic carbocycles. The van der Waals surface area contributed by atoms with Crippen molar-refractivity contribution in [2.45, 2.75) is 30.7 Å². The molecule has 3 aromatic rings. The first-order valence-corrected chi connectivity index (χ1v) is 10.1. The van der Waals surface area contributed by atoms with Gasteiger partial charge >= 0.3 is 0 Å². The van der Waals surface area contributed by atoms with Crippen LogP contribution in [0.1, 0.15) is 18.4 Å². The lowest BCUT2D eigenvalue weighted by Crippen LogP contribution is -2.38. The molecule has 1 aliphatic rings. The van der Waals surface area contributed by atoms with E-state index >= 15 is 0 Å². The molecule has 0 saturated carbocycles. The second-order valence-corrected chi connectivity index (χ2v) is 8.22. The molecule has 0 amide bonds. The van der Waals surface area contributed by atoms with Crippen molar-refractivity contribution in [3.63, 3.8) is 0 Å². The van der Waals surface area contributed by atoms with E-state index < -0.39 is 10.0 Å². The van der Waals surface area contributed by atoms with Gasteiger partial charge in [0.15, 0.2) is 11.5 Å². The van der Waals surface area contributed by atoms with Crippen LogP contribution in [0.15, 0.2) is 35.6 Å². The maximum atomic E-state index is 12.8. The Morgan fingerprint density at radius 1 is 1.26 bits per heavy atom. The summed E-state index contributed by atoms with van der Waals surface area (Å²) in [6, 6.07) is 4.90. The molecule has 0 unspecified atom stereocenters. The zero-order valence-corrected chi connectivity index (χ0v) is 15.6. The van der Waals surface area contributed by atoms with Crippen molar-refractivity contribution >= 4 is 21.5 Å². The first-order valence-electron chi connectivity index (χ1n) is 8.61. The zero-order valence-electron chi connectivity index (χ0n) is 14.8. The summed E-state index contributed by atoms with van der Waals surface area (Å²) in [4.78, 5) is 8.38. The van der Waals surface area contributed by atoms with Crippen LogP contribution in [0.2, 0.25) is 0 Å². The standard InChI is InChI=1S/C17H20N6O3S/c1-11-2-3-13(27(24,25)22-12-4-6-26-7-5-12)8-14(11)15-9-19-17-16(18)20-10-21-23(15)17/h2-3,8-10,12,22H,4-7H2,1H3,(H2,18,20,21). The summed E-state index contributed by atoms with van der Waals surface area (Å²) < 4.78 is 35.3. The Kier molecular flexibility index (Phi) is 4.54. The molecule has 9 nitrogen and oxygen atoms in total. The van der Waals surface area contributed by atoms with E-state index in [1.807, 2.05) is 6.92 Å². The molecule has 1 aromatic carbocycles. The van der Waals surface area contributed by atoms with Crippen molar-refractivity contribution in [3.05, 3.63) is 36.3 Å². The van der Waals surface area contributed by atoms with Crippen LogP contribution in [0.4, 0.5) is 5.82 Å². The molecule has 10 heteroatoms. The van der Waals surface area contributed by atoms with Crippen LogP contribution < -0.4 is 10.5 Å². The van der Waals surface area contributed by atoms with Gasteiger partial charge in [0.1, 0.15) is 6.33 Å². The van der Waals surface area contributed by atoms with Crippen LogP contribution in [0.5, 0.6) is 0 Å². The third-order valence-corrected chi connectivity index (χ3v) is 6.19. The van der Waals surface area contributed by atoms with E-state index in [-0.39, 0.29) is 16.8 Å². The van der Waals surface area contributed by atoms with Gasteiger partial charge in [0.25, 0.3) is 0 Å². The third kappa shape index (κ3) is 3.38. The number of rotatable bonds is 4. The Morgan fingerprint density at radius 3 is 2.81 bits per heavy atom. The van der Waals surface area contributed by atoms with E-state index in [4.69, 9.17) is 10.5 Å². The number of benzene rings is 1. The van der Waals surface area contributed by atoms with Crippen molar-refractivity contribution < 1.29 is 13.2 Å². The number of imidazole rings is 1. The fraction of sp³-hybridized carbons (Fsp3) is 0.353. The van der Waals surface area contributed by atoms with E-state index in [0.717, 1.165) is 11.1 Å². The number of aryl methyl sites for hydroxylation is 1. The SMILES string of the molecule is Cc1ccc(S(=O)(=O)NC2CCOCC2)cc1-c1cnc2c(N)ncnn12. The minimum absolute atomic E-state index is 0.114. The maximum absolute atomic E-state index is 12.8. The van der Waals surface area contributed by atoms with Gasteiger partial charge in [0.05, 0.1) is 16.8 Å². The molecule has 3 N–H and O–H groups in total. The lowest BCUT2D eigenvalue weighted by Gasteiger charge is -2.23. The number of nitrogen functional groups attached to an aromatic ring is 1. The third-order valence-electron chi connectivity index (χ3n) is 4.67. The number of ether oxygens (including phenoxy) is 1. The predicted octanol–water partition coefficient (Wildman–Crippen LogP) is 1.14. The quantitative estimate of drug-likeness (QED) is 0.686. The summed E-state index contributed by atoms with van der Waals surface area (Å²) in [6.07, 6.45) is 4.30. The Labute approximate surface area is 156 Å². The molecular weight excluding hydrogens is 368 g/mol. The number of sulfonamides is 1. The van der Waals surface area contributed by atoms with Gasteiger partial charge in [0, 0.05) is 24.8 Å². The summed E-state index contributed by atoms with van der Waals surface area (Å²) in [5.41, 5.74) is 8.54. The van der Waals surface area contributed by atoms with E-state index in [0.29, 0.717) is 37.4 Å². The van der Waals surface area contributed by atoms with Gasteiger partial charge in [-0.05, 0) is 37.5 Å². The smallest absolute Gasteiger partial charge is 0.240 e. The van der Waals surface area contributed by atoms with Gasteiger partial charge in [-0.2, -0.15) is 5.10 Å². The molecule has 2 aromatic heterocycles. The highest BCUT2D eigenvalue weighted by molar-refractivity contribution is 7.89. The molecule has 0 spiro atoms. The first-order chi connectivity index (χ1) is 13.0. The highest BCUT2D eigenvalue weighted by Crippen LogP contribution is 2.27. The van der Waals surface area contributed by atoms with Crippen molar-refractivity contribution in [1.82, 2.24) is 24.3 Å². The topological polar surface area (TPSA) is 124 Å². The summed E-state index contributed by atoms with van der Waals surface area (Å²) in [5.74, 6) is 0.263. The largest absolute Gasteiger partial charge is 0.381 e. The second kappa shape index (κ2) is 6.87. The highest BCUT2D eigenvalue weighted by atomic mass is 32.2. The molecule has 142 valence electrons. The van der Waals surface area contributed by atoms with Gasteiger partial charge in [-0.25, -0.2) is 27.6 Å². The first kappa shape index (κ1) is 17.8. The molecule has 27 heavy (non-hydrogen) atoms. The average Bonchev–Trinajstić information content (AvgIpc) is 3.08. The van der Waals surface area contributed by atoms with E-state index in [1.54, 1.807) is 28.9 Å². The Hall–Kier alpha value is -2.56. The second-order valence-electron chi connectivity index (χ2n) is 6.51. The average molecular weight is 388 g/mol. The number of nitrogens with zero attached hydrogens (tertiary/aromatic N) is 4. The molecule has 1 saturated heterocycles. The van der Waals surface area contributed by atoms with Crippen LogP contribution in [-0.4, -0.2) is 47.3 Å². The van der Waals surface area contributed by atoms with Gasteiger partial charge in [-0.3, -0.25) is 0 Å². The van der Waals surface area contributed by atoms with Crippen LogP contribution in [0.25, 0.3) is 16.9 Å². The molecule has 0 radical (unpaired) electrons. The number of nitrogens with one attached hydrogen (secondary N) is 1. The molecule has 1 fully saturated rings. The number of nitrogens with two attached hydrogens (primary N) is 1. The van der Waals surface area contributed by atoms with Crippen molar-refractivity contribution in [3.8, 4) is 11.3 Å². The molecule has 0 atom stereocenters. The summed E-state index contributed by atoms with van der Waals surface area (Å²) in [6.45, 7) is 3.03. The van der Waals surface area contributed by atoms with Gasteiger partial charge in [-0.1, -0.05) is 6.07 Å². The van der Waals surface area contributed by atoms with E-state index in [9.17, 15) is 8.42 Å². The van der Waals surface area contributed by atoms with Crippen molar-refractivity contribution in [2.75, 3.05) is 18.9 Å². The van der Waals surface area contributed by atoms with Gasteiger partial charge in [-0.15, -0.1) is 0 Å². The number of aromatic nitrogens is 4. The Morgan fingerprint density at radius 2 is 2.04 bits per heavy atom. The van der Waals surface area contributed by atoms with E-state index in [1.165, 1.54) is 6.33 Å². The maximum Gasteiger partial charge on any atom is 0.240 e. The van der Waals surface area contributed by atoms with Crippen molar-refractivity contribution in [1.29, 1.82) is 0 Å². The lowest BCUT2D eigenvalue weighted by molar-refractivity contribution is 0.0832. The lowest BCUT2D eigenvalue weighted by atomic mass is 10.1. The van der Waals surface area contributed by atoms with Crippen LogP contribution in [0, 0.1) is 6.92 Å². The number of hydrogen-bond donors (Lipinski definition) is 2. The van der Waals surface area contributed by atoms with E-state index in [2.05, 4.69) is 19.8 Å². The molecule has 4 rings (SSSR count). The van der Waals surface area contributed by atoms with Crippen LogP contribution >= 0.6 is 0 Å². The fourth-order valence-corrected chi connectivity index (χ4v) is 4.50. The summed E-state index contributed by atoms with van der Waals surface area (Å²) >= 11 is 0. The fourth-order valence-electron chi connectivity index (χ4n) is 3.17. The highest BCUT2D eigenvalue weighted by Gasteiger charge is 2.23. The minimum atomic E-state index is -3.64. The predicted molar refractivity (Wildman–Crippen MR) is 99.5 cm³/mol. The van der Waals surface area contributed by atoms with Crippen LogP contribution in [-0.2, 0) is 14.8 Å². The normalized spacial score (nSPS) is 16.0. The monoisotopic (exact) mass is 388 g/mol. The van der Waals surface area contributed by atoms with Crippen LogP contribution in [0.3, 0.4) is 0 Å². The summed E-state index contributed by atoms with van der Waals surface area (Å²) in [5, 5.41) is 4.19. The van der Waals surface area contributed by atoms with Crippen molar-refractivity contribution in [2.24, 2.45) is 0 Å². The molecule has 3 heterocycles. The Balaban J connectivity index is 1.74. The molecule has 1 aliphatic heterocycles. The number of anilines is 1. The van der Waals surface area contributed by atoms with Gasteiger partial charge in [0.2, 0.25) is 10.0 Å². The minimum Gasteiger partial charge on any atom is -0.381 e. The van der Waals surface area contributed by atoms with Gasteiger partial charge < -0.3 is 10.5 Å². The Bertz CT molecular complexity index is 1090. The summed E-state index contributed by atoms with van der Waals surface area (Å²) in [7, 11) is -3.64. The molecular formula is C17H20N6O3S. The molecule has 0 bridgehead atoms.